The third kappa shape index (κ3) is 3.11. The minimum absolute atomic E-state index is 0.101. The third-order valence-electron chi connectivity index (χ3n) is 5.77. The van der Waals surface area contributed by atoms with Crippen molar-refractivity contribution < 1.29 is 9.59 Å². The number of rotatable bonds is 3. The van der Waals surface area contributed by atoms with E-state index in [0.29, 0.717) is 24.5 Å². The van der Waals surface area contributed by atoms with Crippen LogP contribution in [0.1, 0.15) is 43.6 Å². The fourth-order valence-corrected chi connectivity index (χ4v) is 4.27. The van der Waals surface area contributed by atoms with Gasteiger partial charge in [0.2, 0.25) is 5.91 Å². The zero-order valence-electron chi connectivity index (χ0n) is 15.8. The lowest BCUT2D eigenvalue weighted by Crippen LogP contribution is -2.52. The summed E-state index contributed by atoms with van der Waals surface area (Å²) >= 11 is 0. The van der Waals surface area contributed by atoms with E-state index < -0.39 is 5.41 Å². The summed E-state index contributed by atoms with van der Waals surface area (Å²) in [5.41, 5.74) is 1.40. The first-order chi connectivity index (χ1) is 13.0. The molecule has 0 radical (unpaired) electrons. The van der Waals surface area contributed by atoms with Gasteiger partial charge < -0.3 is 9.80 Å². The molecule has 1 atom stereocenters. The number of pyridine rings is 1. The predicted molar refractivity (Wildman–Crippen MR) is 101 cm³/mol. The van der Waals surface area contributed by atoms with E-state index in [0.717, 1.165) is 31.5 Å². The van der Waals surface area contributed by atoms with Gasteiger partial charge in [0.15, 0.2) is 0 Å². The summed E-state index contributed by atoms with van der Waals surface area (Å²) in [6, 6.07) is 7.52. The Hall–Kier alpha value is -2.70. The second-order valence-electron chi connectivity index (χ2n) is 7.83. The quantitative estimate of drug-likeness (QED) is 0.903. The molecular weight excluding hydrogens is 342 g/mol. The van der Waals surface area contributed by atoms with Gasteiger partial charge in [-0.3, -0.25) is 19.7 Å². The number of aromatic nitrogens is 3. The van der Waals surface area contributed by atoms with E-state index in [-0.39, 0.29) is 17.9 Å². The van der Waals surface area contributed by atoms with Crippen LogP contribution in [0.4, 0.5) is 0 Å². The van der Waals surface area contributed by atoms with Gasteiger partial charge in [0, 0.05) is 31.9 Å². The topological polar surface area (TPSA) is 82.2 Å². The van der Waals surface area contributed by atoms with E-state index in [2.05, 4.69) is 29.0 Å². The Morgan fingerprint density at radius 1 is 1.22 bits per heavy atom. The minimum Gasteiger partial charge on any atom is -0.340 e. The second kappa shape index (κ2) is 6.79. The van der Waals surface area contributed by atoms with E-state index in [1.165, 1.54) is 0 Å². The monoisotopic (exact) mass is 367 g/mol. The Morgan fingerprint density at radius 2 is 2.07 bits per heavy atom. The molecule has 4 heterocycles. The molecule has 2 aromatic rings. The molecule has 1 spiro atoms. The van der Waals surface area contributed by atoms with Crippen LogP contribution in [0, 0.1) is 5.41 Å². The minimum atomic E-state index is -0.415. The lowest BCUT2D eigenvalue weighted by Gasteiger charge is -2.41. The van der Waals surface area contributed by atoms with E-state index in [9.17, 15) is 9.59 Å². The Morgan fingerprint density at radius 3 is 2.81 bits per heavy atom. The van der Waals surface area contributed by atoms with Gasteiger partial charge in [-0.05, 0) is 51.3 Å². The fraction of sp³-hybridized carbons (Fsp3) is 0.500. The third-order valence-corrected chi connectivity index (χ3v) is 5.77. The maximum absolute atomic E-state index is 13.0. The molecule has 2 amide bonds. The van der Waals surface area contributed by atoms with Gasteiger partial charge in [0.05, 0.1) is 11.1 Å². The summed E-state index contributed by atoms with van der Waals surface area (Å²) in [7, 11) is 0. The molecule has 0 aliphatic carbocycles. The number of nitrogens with one attached hydrogen (secondary N) is 1. The normalized spacial score (nSPS) is 22.9. The maximum Gasteiger partial charge on any atom is 0.271 e. The molecule has 2 aromatic heterocycles. The van der Waals surface area contributed by atoms with E-state index in [1.807, 2.05) is 23.1 Å². The molecule has 2 aliphatic rings. The number of piperidine rings is 1. The number of hydrogen-bond donors (Lipinski definition) is 1. The van der Waals surface area contributed by atoms with Crippen LogP contribution < -0.4 is 0 Å². The maximum atomic E-state index is 13.0. The molecule has 27 heavy (non-hydrogen) atoms. The van der Waals surface area contributed by atoms with E-state index in [4.69, 9.17) is 0 Å². The molecule has 2 aliphatic heterocycles. The van der Waals surface area contributed by atoms with Crippen LogP contribution in [0.5, 0.6) is 0 Å². The lowest BCUT2D eigenvalue weighted by molar-refractivity contribution is -0.147. The predicted octanol–water partition coefficient (Wildman–Crippen LogP) is 2.33. The first kappa shape index (κ1) is 17.7. The van der Waals surface area contributed by atoms with Crippen molar-refractivity contribution in [2.75, 3.05) is 19.6 Å². The van der Waals surface area contributed by atoms with Gasteiger partial charge >= 0.3 is 0 Å². The molecular formula is C20H25N5O2. The second-order valence-corrected chi connectivity index (χ2v) is 7.83. The molecule has 1 N–H and O–H groups in total. The van der Waals surface area contributed by atoms with Crippen LogP contribution in [0.3, 0.4) is 0 Å². The average Bonchev–Trinajstić information content (AvgIpc) is 3.32. The Bertz CT molecular complexity index is 847. The highest BCUT2D eigenvalue weighted by Gasteiger charge is 2.50. The zero-order chi connectivity index (χ0) is 19.0. The number of nitrogens with zero attached hydrogens (tertiary/aromatic N) is 4. The summed E-state index contributed by atoms with van der Waals surface area (Å²) in [6.45, 7) is 6.03. The SMILES string of the molecule is CC(C)N1CCCC2(CCN(C(=O)c3cc(-c4ccccn4)n[nH]3)C2)C1=O. The molecule has 0 saturated carbocycles. The zero-order valence-corrected chi connectivity index (χ0v) is 15.8. The lowest BCUT2D eigenvalue weighted by atomic mass is 9.78. The van der Waals surface area contributed by atoms with Crippen LogP contribution in [0.25, 0.3) is 11.4 Å². The van der Waals surface area contributed by atoms with Crippen molar-refractivity contribution >= 4 is 11.8 Å². The highest BCUT2D eigenvalue weighted by Crippen LogP contribution is 2.41. The van der Waals surface area contributed by atoms with Crippen molar-refractivity contribution in [3.8, 4) is 11.4 Å². The van der Waals surface area contributed by atoms with Crippen molar-refractivity contribution in [2.24, 2.45) is 5.41 Å². The van der Waals surface area contributed by atoms with Crippen molar-refractivity contribution in [3.05, 3.63) is 36.2 Å². The highest BCUT2D eigenvalue weighted by atomic mass is 16.2. The smallest absolute Gasteiger partial charge is 0.271 e. The fourth-order valence-electron chi connectivity index (χ4n) is 4.27. The van der Waals surface area contributed by atoms with Gasteiger partial charge in [-0.25, -0.2) is 0 Å². The van der Waals surface area contributed by atoms with Gasteiger partial charge in [0.1, 0.15) is 11.4 Å². The summed E-state index contributed by atoms with van der Waals surface area (Å²) in [5, 5.41) is 7.06. The van der Waals surface area contributed by atoms with Gasteiger partial charge in [-0.15, -0.1) is 0 Å². The first-order valence-corrected chi connectivity index (χ1v) is 9.57. The number of carbonyl (C=O) groups excluding carboxylic acids is 2. The van der Waals surface area contributed by atoms with Gasteiger partial charge in [0.25, 0.3) is 5.91 Å². The van der Waals surface area contributed by atoms with Crippen LogP contribution in [0.15, 0.2) is 30.5 Å². The number of amides is 2. The summed E-state index contributed by atoms with van der Waals surface area (Å²) in [5.74, 6) is 0.105. The van der Waals surface area contributed by atoms with Crippen LogP contribution in [-0.2, 0) is 4.79 Å². The van der Waals surface area contributed by atoms with Crippen molar-refractivity contribution in [1.82, 2.24) is 25.0 Å². The molecule has 7 nitrogen and oxygen atoms in total. The van der Waals surface area contributed by atoms with Crippen LogP contribution in [0.2, 0.25) is 0 Å². The average molecular weight is 367 g/mol. The number of H-pyrrole nitrogens is 1. The van der Waals surface area contributed by atoms with Crippen LogP contribution in [-0.4, -0.2) is 62.5 Å². The van der Waals surface area contributed by atoms with E-state index in [1.54, 1.807) is 17.2 Å². The van der Waals surface area contributed by atoms with E-state index >= 15 is 0 Å². The standard InChI is InChI=1S/C20H25N5O2/c1-14(2)25-10-5-7-20(19(25)27)8-11-24(13-20)18(26)17-12-16(22-23-17)15-6-3-4-9-21-15/h3-4,6,9,12,14H,5,7-8,10-11,13H2,1-2H3,(H,22,23). The van der Waals surface area contributed by atoms with Crippen LogP contribution >= 0.6 is 0 Å². The molecule has 4 rings (SSSR count). The molecule has 0 aromatic carbocycles. The molecule has 2 saturated heterocycles. The largest absolute Gasteiger partial charge is 0.340 e. The summed E-state index contributed by atoms with van der Waals surface area (Å²) in [6.07, 6.45) is 4.30. The first-order valence-electron chi connectivity index (χ1n) is 9.57. The Kier molecular flexibility index (Phi) is 4.45. The molecule has 2 fully saturated rings. The summed E-state index contributed by atoms with van der Waals surface area (Å²) in [4.78, 5) is 34.0. The molecule has 142 valence electrons. The molecule has 1 unspecified atom stereocenters. The number of carbonyl (C=O) groups is 2. The van der Waals surface area contributed by atoms with Crippen molar-refractivity contribution in [2.45, 2.75) is 39.2 Å². The molecule has 0 bridgehead atoms. The van der Waals surface area contributed by atoms with Gasteiger partial charge in [-0.2, -0.15) is 5.10 Å². The van der Waals surface area contributed by atoms with Gasteiger partial charge in [-0.1, -0.05) is 6.07 Å². The summed E-state index contributed by atoms with van der Waals surface area (Å²) < 4.78 is 0. The molecule has 7 heteroatoms. The number of likely N-dealkylation sites (tertiary alicyclic amines) is 2. The van der Waals surface area contributed by atoms with Crippen molar-refractivity contribution in [1.29, 1.82) is 0 Å². The highest BCUT2D eigenvalue weighted by molar-refractivity contribution is 5.94. The number of aromatic amines is 1. The Labute approximate surface area is 158 Å². The number of hydrogen-bond acceptors (Lipinski definition) is 4. The van der Waals surface area contributed by atoms with Crippen molar-refractivity contribution in [3.63, 3.8) is 0 Å². The Balaban J connectivity index is 1.50.